The molecular formula is C19H27N5O4. The van der Waals surface area contributed by atoms with Gasteiger partial charge in [0.15, 0.2) is 5.56 Å². The maximum atomic E-state index is 13.1. The molecule has 0 saturated heterocycles. The fourth-order valence-electron chi connectivity index (χ4n) is 2.86. The highest BCUT2D eigenvalue weighted by atomic mass is 16.6. The lowest BCUT2D eigenvalue weighted by molar-refractivity contribution is 0.0944. The van der Waals surface area contributed by atoms with E-state index >= 15 is 0 Å². The minimum absolute atomic E-state index is 0.0619. The zero-order chi connectivity index (χ0) is 20.6. The zero-order valence-corrected chi connectivity index (χ0v) is 16.9. The highest BCUT2D eigenvalue weighted by Gasteiger charge is 2.30. The van der Waals surface area contributed by atoms with Crippen molar-refractivity contribution in [2.75, 3.05) is 6.61 Å². The van der Waals surface area contributed by atoms with Gasteiger partial charge in [-0.25, -0.2) is 0 Å². The van der Waals surface area contributed by atoms with E-state index in [1.807, 2.05) is 27.7 Å². The number of carbonyl (C=O) groups excluding carboxylic acids is 1. The molecule has 2 heterocycles. The number of aromatic hydroxyl groups is 1. The summed E-state index contributed by atoms with van der Waals surface area (Å²) in [5.41, 5.74) is 0.280. The van der Waals surface area contributed by atoms with Crippen molar-refractivity contribution in [2.24, 2.45) is 10.6 Å². The summed E-state index contributed by atoms with van der Waals surface area (Å²) < 4.78 is 2.70. The van der Waals surface area contributed by atoms with Crippen molar-refractivity contribution in [1.29, 1.82) is 0 Å². The highest BCUT2D eigenvalue weighted by Crippen LogP contribution is 2.24. The summed E-state index contributed by atoms with van der Waals surface area (Å²) in [6.45, 7) is 10.3. The summed E-state index contributed by atoms with van der Waals surface area (Å²) in [5, 5.41) is 21.8. The Bertz CT molecular complexity index is 992. The van der Waals surface area contributed by atoms with Crippen LogP contribution in [-0.2, 0) is 11.4 Å². The van der Waals surface area contributed by atoms with Crippen molar-refractivity contribution in [1.82, 2.24) is 19.5 Å². The van der Waals surface area contributed by atoms with Gasteiger partial charge >= 0.3 is 0 Å². The fraction of sp³-hybridized carbons (Fsp3) is 0.579. The predicted octanol–water partition coefficient (Wildman–Crippen LogP) is 1.90. The van der Waals surface area contributed by atoms with E-state index in [0.29, 0.717) is 30.2 Å². The Labute approximate surface area is 163 Å². The monoisotopic (exact) mass is 389 g/mol. The molecule has 1 aliphatic rings. The molecule has 0 atom stereocenters. The lowest BCUT2D eigenvalue weighted by Crippen LogP contribution is -2.37. The number of fused-ring (bicyclic) bond motifs is 1. The van der Waals surface area contributed by atoms with Gasteiger partial charge in [-0.15, -0.1) is 0 Å². The van der Waals surface area contributed by atoms with Crippen molar-refractivity contribution < 1.29 is 14.7 Å². The molecular weight excluding hydrogens is 362 g/mol. The summed E-state index contributed by atoms with van der Waals surface area (Å²) in [4.78, 5) is 30.8. The second-order valence-electron chi connectivity index (χ2n) is 8.29. The maximum Gasteiger partial charge on any atom is 0.270 e. The third-order valence-electron chi connectivity index (χ3n) is 4.32. The van der Waals surface area contributed by atoms with Gasteiger partial charge in [-0.1, -0.05) is 25.9 Å². The molecule has 152 valence electrons. The Morgan fingerprint density at radius 2 is 2.11 bits per heavy atom. The van der Waals surface area contributed by atoms with Gasteiger partial charge in [0.1, 0.15) is 23.7 Å². The Morgan fingerprint density at radius 3 is 2.68 bits per heavy atom. The average Bonchev–Trinajstić information content (AvgIpc) is 3.29. The molecule has 2 aromatic heterocycles. The molecule has 0 spiro atoms. The molecule has 1 fully saturated rings. The number of amides is 1. The minimum atomic E-state index is -0.577. The fourth-order valence-corrected chi connectivity index (χ4v) is 2.86. The Kier molecular flexibility index (Phi) is 5.18. The number of nitrogens with zero attached hydrogens (tertiary/aromatic N) is 4. The third kappa shape index (κ3) is 4.02. The van der Waals surface area contributed by atoms with Gasteiger partial charge in [-0.05, 0) is 32.1 Å². The van der Waals surface area contributed by atoms with Crippen molar-refractivity contribution in [3.8, 4) is 5.88 Å². The van der Waals surface area contributed by atoms with Gasteiger partial charge in [0.25, 0.3) is 11.5 Å². The van der Waals surface area contributed by atoms with Crippen LogP contribution in [0.3, 0.4) is 0 Å². The maximum absolute atomic E-state index is 13.1. The third-order valence-corrected chi connectivity index (χ3v) is 4.32. The molecule has 0 unspecified atom stereocenters. The van der Waals surface area contributed by atoms with Crippen LogP contribution in [-0.4, -0.2) is 43.6 Å². The molecule has 1 aliphatic carbocycles. The first kappa shape index (κ1) is 19.9. The zero-order valence-electron chi connectivity index (χ0n) is 16.9. The minimum Gasteiger partial charge on any atom is -0.492 e. The van der Waals surface area contributed by atoms with Crippen molar-refractivity contribution in [3.05, 3.63) is 27.7 Å². The molecule has 3 rings (SSSR count). The van der Waals surface area contributed by atoms with Crippen LogP contribution in [0.5, 0.6) is 5.88 Å². The van der Waals surface area contributed by atoms with Crippen LogP contribution in [0.15, 0.2) is 16.0 Å². The Morgan fingerprint density at radius 1 is 1.43 bits per heavy atom. The van der Waals surface area contributed by atoms with Crippen LogP contribution in [0.25, 0.3) is 5.65 Å². The van der Waals surface area contributed by atoms with Gasteiger partial charge < -0.3 is 15.3 Å². The van der Waals surface area contributed by atoms with Crippen LogP contribution in [0, 0.1) is 5.41 Å². The van der Waals surface area contributed by atoms with E-state index < -0.39 is 17.3 Å². The van der Waals surface area contributed by atoms with Crippen LogP contribution in [0.4, 0.5) is 0 Å². The molecule has 9 nitrogen and oxygen atoms in total. The lowest BCUT2D eigenvalue weighted by Gasteiger charge is -2.21. The molecule has 1 saturated carbocycles. The van der Waals surface area contributed by atoms with E-state index in [9.17, 15) is 14.7 Å². The van der Waals surface area contributed by atoms with E-state index in [-0.39, 0.29) is 17.0 Å². The van der Waals surface area contributed by atoms with E-state index in [0.717, 1.165) is 12.8 Å². The molecule has 0 aliphatic heterocycles. The SMILES string of the molecule is CCON=C(C)c1cc2n(CC(C)(C)C)c(=O)c(C(=O)NC3CC3)c(O)n2n1. The molecule has 0 radical (unpaired) electrons. The summed E-state index contributed by atoms with van der Waals surface area (Å²) in [6.07, 6.45) is 1.76. The van der Waals surface area contributed by atoms with E-state index in [1.165, 1.54) is 9.08 Å². The Hall–Kier alpha value is -2.84. The number of hydrogen-bond acceptors (Lipinski definition) is 6. The second-order valence-corrected chi connectivity index (χ2v) is 8.29. The van der Waals surface area contributed by atoms with Crippen LogP contribution >= 0.6 is 0 Å². The molecule has 28 heavy (non-hydrogen) atoms. The largest absolute Gasteiger partial charge is 0.492 e. The first-order valence-electron chi connectivity index (χ1n) is 9.45. The summed E-state index contributed by atoms with van der Waals surface area (Å²) in [6, 6.07) is 1.72. The smallest absolute Gasteiger partial charge is 0.270 e. The topological polar surface area (TPSA) is 110 Å². The van der Waals surface area contributed by atoms with E-state index in [2.05, 4.69) is 15.6 Å². The van der Waals surface area contributed by atoms with Crippen LogP contribution < -0.4 is 10.9 Å². The summed E-state index contributed by atoms with van der Waals surface area (Å²) in [7, 11) is 0. The van der Waals surface area contributed by atoms with Crippen molar-refractivity contribution in [3.63, 3.8) is 0 Å². The first-order chi connectivity index (χ1) is 13.1. The molecule has 1 amide bonds. The van der Waals surface area contributed by atoms with Gasteiger partial charge in [-0.2, -0.15) is 9.61 Å². The van der Waals surface area contributed by atoms with Crippen molar-refractivity contribution >= 4 is 17.3 Å². The molecule has 9 heteroatoms. The molecule has 2 aromatic rings. The molecule has 2 N–H and O–H groups in total. The first-order valence-corrected chi connectivity index (χ1v) is 9.45. The quantitative estimate of drug-likeness (QED) is 0.579. The van der Waals surface area contributed by atoms with Crippen LogP contribution in [0.2, 0.25) is 0 Å². The lowest BCUT2D eigenvalue weighted by atomic mass is 9.97. The number of rotatable bonds is 6. The molecule has 0 aromatic carbocycles. The molecule has 0 bridgehead atoms. The van der Waals surface area contributed by atoms with Gasteiger partial charge in [0.05, 0.1) is 0 Å². The number of oxime groups is 1. The standard InChI is InChI=1S/C19H27N5O4/c1-6-28-22-11(2)13-9-14-23(10-19(3,4)5)17(26)15(18(27)24(14)21-13)16(25)20-12-7-8-12/h9,12,27H,6-8,10H2,1-5H3,(H,20,25). The number of carbonyl (C=O) groups is 1. The average molecular weight is 389 g/mol. The number of aromatic nitrogens is 3. The number of hydrogen-bond donors (Lipinski definition) is 2. The summed E-state index contributed by atoms with van der Waals surface area (Å²) in [5.74, 6) is -1.05. The van der Waals surface area contributed by atoms with E-state index in [1.54, 1.807) is 13.0 Å². The van der Waals surface area contributed by atoms with Crippen molar-refractivity contribution in [2.45, 2.75) is 60.0 Å². The van der Waals surface area contributed by atoms with E-state index in [4.69, 9.17) is 4.84 Å². The number of nitrogens with one attached hydrogen (secondary N) is 1. The van der Waals surface area contributed by atoms with Gasteiger partial charge in [0.2, 0.25) is 5.88 Å². The van der Waals surface area contributed by atoms with Gasteiger partial charge in [-0.3, -0.25) is 14.2 Å². The van der Waals surface area contributed by atoms with Crippen LogP contribution in [0.1, 0.15) is 63.5 Å². The Balaban J connectivity index is 2.21. The predicted molar refractivity (Wildman–Crippen MR) is 105 cm³/mol. The van der Waals surface area contributed by atoms with Gasteiger partial charge in [0, 0.05) is 18.7 Å². The normalized spacial score (nSPS) is 15.1. The summed E-state index contributed by atoms with van der Waals surface area (Å²) >= 11 is 0. The second kappa shape index (κ2) is 7.29. The highest BCUT2D eigenvalue weighted by molar-refractivity contribution is 5.98.